The van der Waals surface area contributed by atoms with Crippen molar-refractivity contribution in [1.29, 1.82) is 0 Å². The summed E-state index contributed by atoms with van der Waals surface area (Å²) in [7, 11) is 3.06. The number of allylic oxidation sites excluding steroid dienone is 1. The Morgan fingerprint density at radius 2 is 1.91 bits per heavy atom. The highest BCUT2D eigenvalue weighted by Gasteiger charge is 2.37. The Morgan fingerprint density at radius 1 is 1.21 bits per heavy atom. The van der Waals surface area contributed by atoms with Crippen LogP contribution < -0.4 is 15.0 Å². The van der Waals surface area contributed by atoms with E-state index in [2.05, 4.69) is 5.32 Å². The Morgan fingerprint density at radius 3 is 2.52 bits per heavy atom. The van der Waals surface area contributed by atoms with Crippen LogP contribution in [0.1, 0.15) is 18.5 Å². The molecule has 0 spiro atoms. The van der Waals surface area contributed by atoms with E-state index in [4.69, 9.17) is 38.0 Å². The molecule has 1 unspecified atom stereocenters. The number of halogens is 1. The van der Waals surface area contributed by atoms with E-state index in [0.717, 1.165) is 0 Å². The van der Waals surface area contributed by atoms with E-state index in [-0.39, 0.29) is 29.5 Å². The number of thiocarbonyl (C=S) groups is 1. The van der Waals surface area contributed by atoms with Crippen LogP contribution in [0.15, 0.2) is 53.7 Å². The van der Waals surface area contributed by atoms with Crippen LogP contribution in [0.25, 0.3) is 0 Å². The van der Waals surface area contributed by atoms with Gasteiger partial charge in [-0.15, -0.1) is 0 Å². The van der Waals surface area contributed by atoms with Gasteiger partial charge in [0, 0.05) is 41.2 Å². The van der Waals surface area contributed by atoms with Crippen LogP contribution in [0.4, 0.5) is 11.4 Å². The number of nitro benzene ring substituents is 1. The highest BCUT2D eigenvalue weighted by molar-refractivity contribution is 7.80. The van der Waals surface area contributed by atoms with Crippen molar-refractivity contribution in [1.82, 2.24) is 5.32 Å². The molecule has 0 bridgehead atoms. The molecular formula is C22H22ClN3O6S. The maximum Gasteiger partial charge on any atom is 0.338 e. The number of nitrogens with one attached hydrogen (secondary N) is 1. The first-order valence-electron chi connectivity index (χ1n) is 9.83. The van der Waals surface area contributed by atoms with E-state index in [9.17, 15) is 14.9 Å². The van der Waals surface area contributed by atoms with Gasteiger partial charge in [0.05, 0.1) is 30.3 Å². The zero-order valence-electron chi connectivity index (χ0n) is 18.2. The SMILES string of the molecule is COCCOC(=O)C1=C(C)N(c2ccc(OC)cc2)C(=S)NC1c1cc([N+](=O)[O-])ccc1Cl. The van der Waals surface area contributed by atoms with E-state index >= 15 is 0 Å². The molecular weight excluding hydrogens is 470 g/mol. The van der Waals surface area contributed by atoms with Gasteiger partial charge in [-0.3, -0.25) is 15.0 Å². The number of ether oxygens (including phenoxy) is 3. The Bertz CT molecular complexity index is 1110. The molecule has 0 saturated heterocycles. The Balaban J connectivity index is 2.12. The molecule has 1 N–H and O–H groups in total. The molecule has 9 nitrogen and oxygen atoms in total. The summed E-state index contributed by atoms with van der Waals surface area (Å²) in [5.74, 6) is 0.0438. The third kappa shape index (κ3) is 5.24. The zero-order chi connectivity index (χ0) is 24.1. The summed E-state index contributed by atoms with van der Waals surface area (Å²) >= 11 is 12.0. The molecule has 174 valence electrons. The number of hydrogen-bond acceptors (Lipinski definition) is 7. The second-order valence-electron chi connectivity index (χ2n) is 7.01. The number of hydrogen-bond donors (Lipinski definition) is 1. The molecule has 2 aromatic rings. The lowest BCUT2D eigenvalue weighted by Gasteiger charge is -2.37. The monoisotopic (exact) mass is 491 g/mol. The lowest BCUT2D eigenvalue weighted by molar-refractivity contribution is -0.384. The van der Waals surface area contributed by atoms with Crippen LogP contribution in [0.3, 0.4) is 0 Å². The predicted molar refractivity (Wildman–Crippen MR) is 128 cm³/mol. The van der Waals surface area contributed by atoms with E-state index in [1.807, 2.05) is 0 Å². The number of anilines is 1. The van der Waals surface area contributed by atoms with Crippen molar-refractivity contribution in [2.75, 3.05) is 32.3 Å². The summed E-state index contributed by atoms with van der Waals surface area (Å²) in [4.78, 5) is 25.6. The van der Waals surface area contributed by atoms with Crippen molar-refractivity contribution in [3.8, 4) is 5.75 Å². The van der Waals surface area contributed by atoms with Crippen molar-refractivity contribution in [2.45, 2.75) is 13.0 Å². The smallest absolute Gasteiger partial charge is 0.338 e. The molecule has 1 aliphatic rings. The first kappa shape index (κ1) is 24.4. The van der Waals surface area contributed by atoms with Crippen molar-refractivity contribution in [3.63, 3.8) is 0 Å². The van der Waals surface area contributed by atoms with E-state index in [1.54, 1.807) is 43.2 Å². The highest BCUT2D eigenvalue weighted by atomic mass is 35.5. The number of benzene rings is 2. The van der Waals surface area contributed by atoms with Gasteiger partial charge < -0.3 is 19.5 Å². The largest absolute Gasteiger partial charge is 0.497 e. The Hall–Kier alpha value is -3.21. The molecule has 1 aliphatic heterocycles. The van der Waals surface area contributed by atoms with Gasteiger partial charge in [-0.1, -0.05) is 11.6 Å². The van der Waals surface area contributed by atoms with Crippen LogP contribution >= 0.6 is 23.8 Å². The second kappa shape index (κ2) is 10.6. The van der Waals surface area contributed by atoms with Crippen molar-refractivity contribution in [2.24, 2.45) is 0 Å². The molecule has 0 aliphatic carbocycles. The minimum atomic E-state index is -0.852. The van der Waals surface area contributed by atoms with Gasteiger partial charge in [-0.25, -0.2) is 4.79 Å². The molecule has 11 heteroatoms. The first-order valence-corrected chi connectivity index (χ1v) is 10.6. The average molecular weight is 492 g/mol. The van der Waals surface area contributed by atoms with Crippen LogP contribution in [0.5, 0.6) is 5.75 Å². The fourth-order valence-electron chi connectivity index (χ4n) is 3.44. The average Bonchev–Trinajstić information content (AvgIpc) is 2.79. The van der Waals surface area contributed by atoms with E-state index < -0.39 is 16.9 Å². The van der Waals surface area contributed by atoms with E-state index in [0.29, 0.717) is 27.8 Å². The normalized spacial score (nSPS) is 15.8. The number of nitrogens with zero attached hydrogens (tertiary/aromatic N) is 2. The van der Waals surface area contributed by atoms with E-state index in [1.165, 1.54) is 25.3 Å². The maximum atomic E-state index is 13.1. The number of rotatable bonds is 8. The number of non-ortho nitro benzene ring substituents is 1. The van der Waals surface area contributed by atoms with Gasteiger partial charge in [0.2, 0.25) is 0 Å². The van der Waals surface area contributed by atoms with Crippen molar-refractivity contribution >= 4 is 46.3 Å². The van der Waals surface area contributed by atoms with Gasteiger partial charge in [0.15, 0.2) is 5.11 Å². The summed E-state index contributed by atoms with van der Waals surface area (Å²) < 4.78 is 15.6. The molecule has 1 heterocycles. The molecule has 33 heavy (non-hydrogen) atoms. The standard InChI is InChI=1S/C22H22ClN3O6S/c1-13-19(21(27)32-11-10-30-2)20(17-12-15(26(28)29)6-9-18(17)23)24-22(33)25(13)14-4-7-16(31-3)8-5-14/h4-9,12,20H,10-11H2,1-3H3,(H,24,33). The van der Waals surface area contributed by atoms with Crippen LogP contribution in [-0.4, -0.2) is 43.4 Å². The molecule has 0 amide bonds. The lowest BCUT2D eigenvalue weighted by Crippen LogP contribution is -2.48. The van der Waals surface area contributed by atoms with Gasteiger partial charge in [-0.05, 0) is 49.5 Å². The number of methoxy groups -OCH3 is 2. The molecule has 0 radical (unpaired) electrons. The quantitative estimate of drug-likeness (QED) is 0.192. The van der Waals surface area contributed by atoms with Gasteiger partial charge in [0.25, 0.3) is 5.69 Å². The maximum absolute atomic E-state index is 13.1. The fraction of sp³-hybridized carbons (Fsp3) is 0.273. The molecule has 0 fully saturated rings. The third-order valence-electron chi connectivity index (χ3n) is 5.06. The number of esters is 1. The van der Waals surface area contributed by atoms with Gasteiger partial charge >= 0.3 is 5.97 Å². The summed E-state index contributed by atoms with van der Waals surface area (Å²) in [6.45, 7) is 1.98. The lowest BCUT2D eigenvalue weighted by atomic mass is 9.94. The van der Waals surface area contributed by atoms with Crippen LogP contribution in [-0.2, 0) is 14.3 Å². The van der Waals surface area contributed by atoms with Crippen LogP contribution in [0.2, 0.25) is 5.02 Å². The third-order valence-corrected chi connectivity index (χ3v) is 5.70. The molecule has 1 atom stereocenters. The Kier molecular flexibility index (Phi) is 7.85. The minimum Gasteiger partial charge on any atom is -0.497 e. The Labute approximate surface area is 201 Å². The molecule has 3 rings (SSSR count). The minimum absolute atomic E-state index is 0.0362. The summed E-state index contributed by atoms with van der Waals surface area (Å²) in [5, 5.41) is 15.0. The topological polar surface area (TPSA) is 103 Å². The number of carbonyl (C=O) groups excluding carboxylic acids is 1. The number of nitro groups is 1. The predicted octanol–water partition coefficient (Wildman–Crippen LogP) is 4.16. The van der Waals surface area contributed by atoms with Gasteiger partial charge in [-0.2, -0.15) is 0 Å². The van der Waals surface area contributed by atoms with Crippen molar-refractivity contribution in [3.05, 3.63) is 74.4 Å². The number of carbonyl (C=O) groups is 1. The van der Waals surface area contributed by atoms with Crippen molar-refractivity contribution < 1.29 is 23.9 Å². The molecule has 0 aromatic heterocycles. The molecule has 2 aromatic carbocycles. The summed E-state index contributed by atoms with van der Waals surface area (Å²) in [6, 6.07) is 10.3. The summed E-state index contributed by atoms with van der Waals surface area (Å²) in [5.41, 5.74) is 1.58. The molecule has 0 saturated carbocycles. The highest BCUT2D eigenvalue weighted by Crippen LogP contribution is 2.38. The zero-order valence-corrected chi connectivity index (χ0v) is 19.7. The van der Waals surface area contributed by atoms with Crippen LogP contribution in [0, 0.1) is 10.1 Å². The first-order chi connectivity index (χ1) is 15.8. The fourth-order valence-corrected chi connectivity index (χ4v) is 4.03. The second-order valence-corrected chi connectivity index (χ2v) is 7.80. The summed E-state index contributed by atoms with van der Waals surface area (Å²) in [6.07, 6.45) is 0. The van der Waals surface area contributed by atoms with Gasteiger partial charge in [0.1, 0.15) is 12.4 Å².